The molecule has 0 saturated heterocycles. The van der Waals surface area contributed by atoms with E-state index >= 15 is 0 Å². The van der Waals surface area contributed by atoms with Gasteiger partial charge in [0.05, 0.1) is 14.2 Å². The maximum absolute atomic E-state index is 12.5. The van der Waals surface area contributed by atoms with Gasteiger partial charge in [-0.3, -0.25) is 9.59 Å². The summed E-state index contributed by atoms with van der Waals surface area (Å²) in [5.74, 6) is 1.21. The molecule has 0 radical (unpaired) electrons. The van der Waals surface area contributed by atoms with Crippen molar-refractivity contribution in [1.29, 1.82) is 0 Å². The van der Waals surface area contributed by atoms with Gasteiger partial charge in [-0.25, -0.2) is 0 Å². The van der Waals surface area contributed by atoms with Gasteiger partial charge in [0, 0.05) is 25.1 Å². The van der Waals surface area contributed by atoms with E-state index in [-0.39, 0.29) is 11.9 Å². The van der Waals surface area contributed by atoms with Crippen LogP contribution in [-0.2, 0) is 11.3 Å². The number of hydrogen-bond acceptors (Lipinski definition) is 6. The molecule has 0 bridgehead atoms. The average molecular weight is 431 g/mol. The minimum Gasteiger partial charge on any atom is -0.493 e. The van der Waals surface area contributed by atoms with Crippen molar-refractivity contribution in [2.75, 3.05) is 14.2 Å². The fourth-order valence-corrected chi connectivity index (χ4v) is 3.27. The zero-order valence-corrected chi connectivity index (χ0v) is 18.1. The Balaban J connectivity index is 0.000000785. The van der Waals surface area contributed by atoms with Gasteiger partial charge in [-0.15, -0.1) is 0 Å². The van der Waals surface area contributed by atoms with Crippen LogP contribution in [0.5, 0.6) is 23.0 Å². The van der Waals surface area contributed by atoms with Crippen molar-refractivity contribution in [1.82, 2.24) is 5.32 Å². The Kier molecular flexibility index (Phi) is 9.14. The summed E-state index contributed by atoms with van der Waals surface area (Å²) in [6.45, 7) is 1.50. The Bertz CT molecular complexity index is 890. The number of rotatable bonds is 7. The lowest BCUT2D eigenvalue weighted by atomic mass is 10.1. The van der Waals surface area contributed by atoms with Crippen LogP contribution < -0.4 is 25.3 Å². The van der Waals surface area contributed by atoms with E-state index in [0.717, 1.165) is 25.3 Å². The molecule has 3 rings (SSSR count). The summed E-state index contributed by atoms with van der Waals surface area (Å²) in [4.78, 5) is 21.5. The SMILES string of the molecule is CC(=O)O.COc1cc(CN)ccc1Oc1ccc(C(=O)NC2CCCC2)cc1OC. The lowest BCUT2D eigenvalue weighted by Gasteiger charge is -2.16. The molecule has 31 heavy (non-hydrogen) atoms. The number of carbonyl (C=O) groups excluding carboxylic acids is 1. The number of nitrogens with two attached hydrogens (primary N) is 1. The summed E-state index contributed by atoms with van der Waals surface area (Å²) >= 11 is 0. The third kappa shape index (κ3) is 7.18. The van der Waals surface area contributed by atoms with Crippen LogP contribution in [0.3, 0.4) is 0 Å². The van der Waals surface area contributed by atoms with Gasteiger partial charge >= 0.3 is 0 Å². The number of carboxylic acid groups (broad SMARTS) is 1. The second kappa shape index (κ2) is 11.8. The van der Waals surface area contributed by atoms with Gasteiger partial charge in [0.15, 0.2) is 23.0 Å². The third-order valence-electron chi connectivity index (χ3n) is 4.80. The first kappa shape index (κ1) is 24.0. The van der Waals surface area contributed by atoms with E-state index in [1.165, 1.54) is 12.8 Å². The molecule has 2 aromatic rings. The molecule has 1 saturated carbocycles. The Morgan fingerprint density at radius 1 is 1.00 bits per heavy atom. The molecule has 8 heteroatoms. The van der Waals surface area contributed by atoms with Crippen molar-refractivity contribution in [3.63, 3.8) is 0 Å². The molecule has 1 amide bonds. The summed E-state index contributed by atoms with van der Waals surface area (Å²) in [6, 6.07) is 11.0. The highest BCUT2D eigenvalue weighted by Crippen LogP contribution is 2.37. The maximum atomic E-state index is 12.5. The van der Waals surface area contributed by atoms with E-state index in [9.17, 15) is 4.79 Å². The first-order valence-corrected chi connectivity index (χ1v) is 10.1. The predicted octanol–water partition coefficient (Wildman–Crippen LogP) is 3.72. The highest BCUT2D eigenvalue weighted by atomic mass is 16.5. The Morgan fingerprint density at radius 2 is 1.55 bits per heavy atom. The van der Waals surface area contributed by atoms with Crippen molar-refractivity contribution in [3.05, 3.63) is 47.5 Å². The molecular weight excluding hydrogens is 400 g/mol. The van der Waals surface area contributed by atoms with Crippen molar-refractivity contribution in [3.8, 4) is 23.0 Å². The summed E-state index contributed by atoms with van der Waals surface area (Å²) in [5, 5.41) is 10.5. The van der Waals surface area contributed by atoms with E-state index < -0.39 is 5.97 Å². The van der Waals surface area contributed by atoms with Crippen molar-refractivity contribution >= 4 is 11.9 Å². The number of benzene rings is 2. The van der Waals surface area contributed by atoms with Gasteiger partial charge in [-0.1, -0.05) is 18.9 Å². The number of carbonyl (C=O) groups is 2. The van der Waals surface area contributed by atoms with Crippen LogP contribution in [0.15, 0.2) is 36.4 Å². The summed E-state index contributed by atoms with van der Waals surface area (Å²) in [5.41, 5.74) is 7.17. The molecule has 0 atom stereocenters. The van der Waals surface area contributed by atoms with Crippen LogP contribution in [0.25, 0.3) is 0 Å². The van der Waals surface area contributed by atoms with Crippen LogP contribution in [0.1, 0.15) is 48.5 Å². The van der Waals surface area contributed by atoms with E-state index in [1.807, 2.05) is 12.1 Å². The summed E-state index contributed by atoms with van der Waals surface area (Å²) in [7, 11) is 3.13. The molecule has 0 spiro atoms. The minimum atomic E-state index is -0.833. The molecule has 4 N–H and O–H groups in total. The summed E-state index contributed by atoms with van der Waals surface area (Å²) in [6.07, 6.45) is 4.43. The monoisotopic (exact) mass is 430 g/mol. The zero-order chi connectivity index (χ0) is 22.8. The first-order chi connectivity index (χ1) is 14.9. The quantitative estimate of drug-likeness (QED) is 0.612. The minimum absolute atomic E-state index is 0.0865. The first-order valence-electron chi connectivity index (χ1n) is 10.1. The molecule has 0 heterocycles. The number of nitrogens with one attached hydrogen (secondary N) is 1. The number of carboxylic acids is 1. The van der Waals surface area contributed by atoms with Crippen LogP contribution in [0.4, 0.5) is 0 Å². The fourth-order valence-electron chi connectivity index (χ4n) is 3.27. The molecule has 0 aromatic heterocycles. The van der Waals surface area contributed by atoms with Gasteiger partial charge in [0.2, 0.25) is 0 Å². The standard InChI is InChI=1S/C21H26N2O4.C2H4O2/c1-25-19-11-14(13-22)7-9-17(19)27-18-10-8-15(12-20(18)26-2)21(24)23-16-5-3-4-6-16;1-2(3)4/h7-12,16H,3-6,13,22H2,1-2H3,(H,23,24);1H3,(H,3,4). The van der Waals surface area contributed by atoms with Crippen LogP contribution in [0, 0.1) is 0 Å². The van der Waals surface area contributed by atoms with E-state index in [1.54, 1.807) is 38.5 Å². The van der Waals surface area contributed by atoms with E-state index in [0.29, 0.717) is 35.1 Å². The van der Waals surface area contributed by atoms with Gasteiger partial charge in [0.25, 0.3) is 11.9 Å². The molecule has 8 nitrogen and oxygen atoms in total. The molecule has 1 aliphatic rings. The van der Waals surface area contributed by atoms with E-state index in [2.05, 4.69) is 5.32 Å². The molecule has 168 valence electrons. The van der Waals surface area contributed by atoms with E-state index in [4.69, 9.17) is 29.8 Å². The summed E-state index contributed by atoms with van der Waals surface area (Å²) < 4.78 is 16.8. The van der Waals surface area contributed by atoms with Gasteiger partial charge in [-0.2, -0.15) is 0 Å². The van der Waals surface area contributed by atoms with Gasteiger partial charge < -0.3 is 30.4 Å². The fraction of sp³-hybridized carbons (Fsp3) is 0.391. The van der Waals surface area contributed by atoms with Crippen LogP contribution in [0.2, 0.25) is 0 Å². The molecule has 0 aliphatic heterocycles. The molecular formula is C23H30N2O6. The number of amides is 1. The average Bonchev–Trinajstić information content (AvgIpc) is 3.26. The Hall–Kier alpha value is -3.26. The van der Waals surface area contributed by atoms with Crippen molar-refractivity contribution in [2.45, 2.75) is 45.2 Å². The maximum Gasteiger partial charge on any atom is 0.300 e. The van der Waals surface area contributed by atoms with Crippen LogP contribution in [-0.4, -0.2) is 37.2 Å². The smallest absolute Gasteiger partial charge is 0.300 e. The second-order valence-electron chi connectivity index (χ2n) is 7.13. The molecule has 1 fully saturated rings. The highest BCUT2D eigenvalue weighted by Gasteiger charge is 2.19. The largest absolute Gasteiger partial charge is 0.493 e. The topological polar surface area (TPSA) is 120 Å². The predicted molar refractivity (Wildman–Crippen MR) is 117 cm³/mol. The zero-order valence-electron chi connectivity index (χ0n) is 18.1. The lowest BCUT2D eigenvalue weighted by molar-refractivity contribution is -0.134. The van der Waals surface area contributed by atoms with Gasteiger partial charge in [-0.05, 0) is 48.7 Å². The highest BCUT2D eigenvalue weighted by molar-refractivity contribution is 5.95. The number of aliphatic carboxylic acids is 1. The third-order valence-corrected chi connectivity index (χ3v) is 4.80. The molecule has 0 unspecified atom stereocenters. The number of hydrogen-bond donors (Lipinski definition) is 3. The molecule has 1 aliphatic carbocycles. The van der Waals surface area contributed by atoms with Crippen molar-refractivity contribution < 1.29 is 28.9 Å². The van der Waals surface area contributed by atoms with Crippen molar-refractivity contribution in [2.24, 2.45) is 5.73 Å². The Morgan fingerprint density at radius 3 is 2.10 bits per heavy atom. The normalized spacial score (nSPS) is 13.0. The second-order valence-corrected chi connectivity index (χ2v) is 7.13. The van der Waals surface area contributed by atoms with Gasteiger partial charge in [0.1, 0.15) is 0 Å². The lowest BCUT2D eigenvalue weighted by Crippen LogP contribution is -2.32. The Labute approximate surface area is 182 Å². The number of ether oxygens (including phenoxy) is 3. The number of methoxy groups -OCH3 is 2. The van der Waals surface area contributed by atoms with Crippen LogP contribution >= 0.6 is 0 Å². The molecule has 2 aromatic carbocycles.